The third-order valence-corrected chi connectivity index (χ3v) is 7.18. The minimum atomic E-state index is 0.249. The number of nitrogens with one attached hydrogen (secondary N) is 1. The Labute approximate surface area is 188 Å². The van der Waals surface area contributed by atoms with E-state index in [0.717, 1.165) is 36.6 Å². The van der Waals surface area contributed by atoms with Gasteiger partial charge in [0.25, 0.3) is 0 Å². The van der Waals surface area contributed by atoms with E-state index in [4.69, 9.17) is 34.8 Å². The van der Waals surface area contributed by atoms with E-state index >= 15 is 0 Å². The molecule has 2 aliphatic rings. The average Bonchev–Trinajstić information content (AvgIpc) is 3.12. The molecule has 0 spiro atoms. The van der Waals surface area contributed by atoms with Crippen LogP contribution in [0.3, 0.4) is 0 Å². The van der Waals surface area contributed by atoms with Gasteiger partial charge in [0, 0.05) is 35.2 Å². The van der Waals surface area contributed by atoms with Crippen molar-refractivity contribution in [2.75, 3.05) is 31.6 Å². The van der Waals surface area contributed by atoms with Crippen LogP contribution in [0.25, 0.3) is 0 Å². The van der Waals surface area contributed by atoms with Crippen LogP contribution >= 0.6 is 34.8 Å². The van der Waals surface area contributed by atoms with Gasteiger partial charge >= 0.3 is 0 Å². The summed E-state index contributed by atoms with van der Waals surface area (Å²) >= 11 is 18.9. The van der Waals surface area contributed by atoms with Crippen LogP contribution in [0.5, 0.6) is 0 Å². The molecule has 2 saturated heterocycles. The topological polar surface area (TPSA) is 18.5 Å². The minimum Gasteiger partial charge on any atom is -0.363 e. The molecule has 0 bridgehead atoms. The third-order valence-electron chi connectivity index (χ3n) is 6.39. The molecule has 3 unspecified atom stereocenters. The standard InChI is InChI=1S/C23H28Cl3N3/c1-28-11-2-3-20(28)15-27-19-10-12-29(22-9-8-18(25)13-21(22)26)23(14-19)16-4-6-17(24)7-5-16/h4-9,13,19-20,23,27H,2-3,10-12,14-15H2,1H3. The molecule has 6 heteroatoms. The lowest BCUT2D eigenvalue weighted by molar-refractivity contribution is 0.274. The zero-order chi connectivity index (χ0) is 20.4. The van der Waals surface area contributed by atoms with Gasteiger partial charge in [-0.3, -0.25) is 0 Å². The highest BCUT2D eigenvalue weighted by Gasteiger charge is 2.31. The number of nitrogens with zero attached hydrogens (tertiary/aromatic N) is 2. The Morgan fingerprint density at radius 2 is 1.72 bits per heavy atom. The third kappa shape index (κ3) is 5.03. The van der Waals surface area contributed by atoms with Gasteiger partial charge in [-0.2, -0.15) is 0 Å². The molecular weight excluding hydrogens is 425 g/mol. The number of benzene rings is 2. The van der Waals surface area contributed by atoms with E-state index in [0.29, 0.717) is 22.1 Å². The number of halogens is 3. The SMILES string of the molecule is CN1CCCC1CNC1CCN(c2ccc(Cl)cc2Cl)C(c2ccc(Cl)cc2)C1. The minimum absolute atomic E-state index is 0.249. The number of likely N-dealkylation sites (N-methyl/N-ethyl adjacent to an activating group) is 1. The first-order valence-corrected chi connectivity index (χ1v) is 11.6. The summed E-state index contributed by atoms with van der Waals surface area (Å²) < 4.78 is 0. The molecule has 0 aliphatic carbocycles. The molecule has 0 amide bonds. The Bertz CT molecular complexity index is 827. The van der Waals surface area contributed by atoms with Crippen LogP contribution in [-0.2, 0) is 0 Å². The fraction of sp³-hybridized carbons (Fsp3) is 0.478. The smallest absolute Gasteiger partial charge is 0.0654 e. The van der Waals surface area contributed by atoms with Gasteiger partial charge in [-0.15, -0.1) is 0 Å². The van der Waals surface area contributed by atoms with Gasteiger partial charge in [0.1, 0.15) is 0 Å². The first-order valence-electron chi connectivity index (χ1n) is 10.4. The zero-order valence-electron chi connectivity index (χ0n) is 16.8. The Morgan fingerprint density at radius 3 is 2.41 bits per heavy atom. The molecule has 2 aromatic rings. The molecule has 2 aliphatic heterocycles. The molecular formula is C23H28Cl3N3. The summed E-state index contributed by atoms with van der Waals surface area (Å²) in [6, 6.07) is 15.4. The van der Waals surface area contributed by atoms with Crippen LogP contribution in [-0.4, -0.2) is 43.7 Å². The second kappa shape index (κ2) is 9.45. The van der Waals surface area contributed by atoms with E-state index in [1.165, 1.54) is 24.9 Å². The van der Waals surface area contributed by atoms with Crippen molar-refractivity contribution in [2.24, 2.45) is 0 Å². The molecule has 29 heavy (non-hydrogen) atoms. The molecule has 0 radical (unpaired) electrons. The summed E-state index contributed by atoms with van der Waals surface area (Å²) in [6.45, 7) is 3.23. The molecule has 2 fully saturated rings. The van der Waals surface area contributed by atoms with Crippen LogP contribution in [0, 0.1) is 0 Å². The Morgan fingerprint density at radius 1 is 0.966 bits per heavy atom. The van der Waals surface area contributed by atoms with Crippen molar-refractivity contribution in [3.05, 3.63) is 63.1 Å². The van der Waals surface area contributed by atoms with Crippen LogP contribution < -0.4 is 10.2 Å². The van der Waals surface area contributed by atoms with Crippen LogP contribution in [0.15, 0.2) is 42.5 Å². The number of piperidine rings is 1. The first kappa shape index (κ1) is 21.3. The number of rotatable bonds is 5. The van der Waals surface area contributed by atoms with E-state index in [1.54, 1.807) is 0 Å². The monoisotopic (exact) mass is 451 g/mol. The van der Waals surface area contributed by atoms with Crippen LogP contribution in [0.4, 0.5) is 5.69 Å². The summed E-state index contributed by atoms with van der Waals surface area (Å²) in [7, 11) is 2.24. The Balaban J connectivity index is 1.53. The van der Waals surface area contributed by atoms with Crippen molar-refractivity contribution in [1.29, 1.82) is 0 Å². The molecule has 2 heterocycles. The summed E-state index contributed by atoms with van der Waals surface area (Å²) in [5, 5.41) is 5.99. The zero-order valence-corrected chi connectivity index (χ0v) is 19.0. The molecule has 0 aromatic heterocycles. The van der Waals surface area contributed by atoms with Crippen LogP contribution in [0.2, 0.25) is 15.1 Å². The van der Waals surface area contributed by atoms with Gasteiger partial charge < -0.3 is 15.1 Å². The molecule has 2 aromatic carbocycles. The van der Waals surface area contributed by atoms with Crippen molar-refractivity contribution in [3.8, 4) is 0 Å². The second-order valence-electron chi connectivity index (χ2n) is 8.26. The van der Waals surface area contributed by atoms with E-state index in [1.807, 2.05) is 30.3 Å². The maximum absolute atomic E-state index is 6.57. The van der Waals surface area contributed by atoms with Gasteiger partial charge in [-0.05, 0) is 75.2 Å². The predicted octanol–water partition coefficient (Wildman–Crippen LogP) is 6.04. The van der Waals surface area contributed by atoms with Crippen molar-refractivity contribution in [3.63, 3.8) is 0 Å². The Kier molecular flexibility index (Phi) is 6.93. The lowest BCUT2D eigenvalue weighted by Crippen LogP contribution is -2.47. The van der Waals surface area contributed by atoms with Crippen molar-refractivity contribution < 1.29 is 0 Å². The van der Waals surface area contributed by atoms with Gasteiger partial charge in [0.05, 0.1) is 16.8 Å². The number of anilines is 1. The van der Waals surface area contributed by atoms with E-state index in [2.05, 4.69) is 34.3 Å². The normalized spacial score (nSPS) is 25.5. The summed E-state index contributed by atoms with van der Waals surface area (Å²) in [5.41, 5.74) is 2.31. The van der Waals surface area contributed by atoms with Gasteiger partial charge in [0.15, 0.2) is 0 Å². The maximum atomic E-state index is 6.57. The first-order chi connectivity index (χ1) is 14.0. The molecule has 0 saturated carbocycles. The molecule has 4 rings (SSSR count). The lowest BCUT2D eigenvalue weighted by Gasteiger charge is -2.42. The highest BCUT2D eigenvalue weighted by atomic mass is 35.5. The predicted molar refractivity (Wildman–Crippen MR) is 125 cm³/mol. The highest BCUT2D eigenvalue weighted by molar-refractivity contribution is 6.36. The molecule has 3 atom stereocenters. The van der Waals surface area contributed by atoms with Crippen molar-refractivity contribution >= 4 is 40.5 Å². The maximum Gasteiger partial charge on any atom is 0.0654 e. The highest BCUT2D eigenvalue weighted by Crippen LogP contribution is 2.39. The fourth-order valence-corrected chi connectivity index (χ4v) is 5.34. The average molecular weight is 453 g/mol. The number of hydrogen-bond acceptors (Lipinski definition) is 3. The molecule has 3 nitrogen and oxygen atoms in total. The van der Waals surface area contributed by atoms with Crippen LogP contribution in [0.1, 0.15) is 37.3 Å². The van der Waals surface area contributed by atoms with Gasteiger partial charge in [0.2, 0.25) is 0 Å². The summed E-state index contributed by atoms with van der Waals surface area (Å²) in [5.74, 6) is 0. The largest absolute Gasteiger partial charge is 0.363 e. The summed E-state index contributed by atoms with van der Waals surface area (Å²) in [4.78, 5) is 4.90. The second-order valence-corrected chi connectivity index (χ2v) is 9.54. The van der Waals surface area contributed by atoms with Crippen molar-refractivity contribution in [2.45, 2.75) is 43.8 Å². The van der Waals surface area contributed by atoms with Gasteiger partial charge in [-0.1, -0.05) is 46.9 Å². The van der Waals surface area contributed by atoms with Crippen molar-refractivity contribution in [1.82, 2.24) is 10.2 Å². The summed E-state index contributed by atoms with van der Waals surface area (Å²) in [6.07, 6.45) is 4.74. The van der Waals surface area contributed by atoms with E-state index in [-0.39, 0.29) is 6.04 Å². The lowest BCUT2D eigenvalue weighted by atomic mass is 9.91. The molecule has 156 valence electrons. The van der Waals surface area contributed by atoms with E-state index < -0.39 is 0 Å². The van der Waals surface area contributed by atoms with E-state index in [9.17, 15) is 0 Å². The number of likely N-dealkylation sites (tertiary alicyclic amines) is 1. The van der Waals surface area contributed by atoms with Gasteiger partial charge in [-0.25, -0.2) is 0 Å². The number of hydrogen-bond donors (Lipinski definition) is 1. The Hall–Kier alpha value is -0.970. The quantitative estimate of drug-likeness (QED) is 0.596. The fourth-order valence-electron chi connectivity index (χ4n) is 4.69. The molecule has 1 N–H and O–H groups in total.